The monoisotopic (exact) mass is 573 g/mol. The lowest BCUT2D eigenvalue weighted by molar-refractivity contribution is -0.139. The molecule has 1 N–H and O–H groups in total. The highest BCUT2D eigenvalue weighted by molar-refractivity contribution is 5.76. The Hall–Kier alpha value is -3.39. The lowest BCUT2D eigenvalue weighted by Crippen LogP contribution is -2.49. The first-order chi connectivity index (χ1) is 18.9. The zero-order chi connectivity index (χ0) is 28.7. The molecule has 4 heterocycles. The van der Waals surface area contributed by atoms with E-state index in [0.717, 1.165) is 50.6 Å². The van der Waals surface area contributed by atoms with E-state index in [-0.39, 0.29) is 42.1 Å². The van der Waals surface area contributed by atoms with Crippen molar-refractivity contribution < 1.29 is 31.1 Å². The van der Waals surface area contributed by atoms with Gasteiger partial charge in [-0.15, -0.1) is 0 Å². The highest BCUT2D eigenvalue weighted by atomic mass is 19.4. The van der Waals surface area contributed by atoms with Crippen LogP contribution < -0.4 is 15.4 Å². The predicted octanol–water partition coefficient (Wildman–Crippen LogP) is 3.86. The summed E-state index contributed by atoms with van der Waals surface area (Å²) < 4.78 is 78.6. The molecular formula is C25H29F6N7O2. The maximum atomic E-state index is 13.4. The first-order valence-corrected chi connectivity index (χ1v) is 13.3. The number of nitrogens with one attached hydrogen (secondary N) is 1. The molecule has 3 atom stereocenters. The molecule has 0 radical (unpaired) electrons. The molecule has 9 nitrogen and oxygen atoms in total. The fourth-order valence-electron chi connectivity index (χ4n) is 6.15. The number of nitrogens with zero attached hydrogens (tertiary/aromatic N) is 6. The van der Waals surface area contributed by atoms with E-state index < -0.39 is 29.0 Å². The maximum Gasteiger partial charge on any atom is 0.421 e. The Bertz CT molecular complexity index is 1260. The molecule has 3 aliphatic rings. The molecule has 2 aliphatic heterocycles. The largest absolute Gasteiger partial charge is 0.421 e. The van der Waals surface area contributed by atoms with Crippen molar-refractivity contribution in [3.05, 3.63) is 39.9 Å². The zero-order valence-corrected chi connectivity index (χ0v) is 21.5. The van der Waals surface area contributed by atoms with Gasteiger partial charge >= 0.3 is 12.4 Å². The predicted molar refractivity (Wildman–Crippen MR) is 132 cm³/mol. The molecule has 2 aromatic heterocycles. The van der Waals surface area contributed by atoms with Crippen molar-refractivity contribution in [3.8, 4) is 0 Å². The summed E-state index contributed by atoms with van der Waals surface area (Å²) >= 11 is 0. The number of carbonyl (C=O) groups excluding carboxylic acids is 1. The second kappa shape index (κ2) is 10.9. The van der Waals surface area contributed by atoms with Gasteiger partial charge in [0.15, 0.2) is 0 Å². The SMILES string of the molecule is O=C(CC[C@@H]1C[C@@H]2CCCC[C@@H]2N1c1cc(C(F)(F)F)c(=O)[nH]n1)N1CCN(c2ncc(C(F)(F)F)cn2)CC1. The molecule has 0 spiro atoms. The summed E-state index contributed by atoms with van der Waals surface area (Å²) in [6.45, 7) is 1.41. The summed E-state index contributed by atoms with van der Waals surface area (Å²) in [7, 11) is 0. The van der Waals surface area contributed by atoms with Gasteiger partial charge in [0.05, 0.1) is 5.56 Å². The smallest absolute Gasteiger partial charge is 0.349 e. The van der Waals surface area contributed by atoms with Crippen molar-refractivity contribution in [1.82, 2.24) is 25.1 Å². The van der Waals surface area contributed by atoms with Crippen molar-refractivity contribution >= 4 is 17.7 Å². The fourth-order valence-corrected chi connectivity index (χ4v) is 6.15. The first-order valence-electron chi connectivity index (χ1n) is 13.3. The first kappa shape index (κ1) is 28.1. The molecule has 3 fully saturated rings. The Balaban J connectivity index is 1.22. The van der Waals surface area contributed by atoms with Crippen LogP contribution in [-0.4, -0.2) is 69.2 Å². The summed E-state index contributed by atoms with van der Waals surface area (Å²) in [5.41, 5.74) is -3.51. The summed E-state index contributed by atoms with van der Waals surface area (Å²) in [5.74, 6) is 0.414. The molecule has 40 heavy (non-hydrogen) atoms. The van der Waals surface area contributed by atoms with Crippen molar-refractivity contribution in [2.75, 3.05) is 36.0 Å². The van der Waals surface area contributed by atoms with Crippen LogP contribution in [-0.2, 0) is 17.1 Å². The number of halogens is 6. The lowest BCUT2D eigenvalue weighted by atomic mass is 9.84. The molecule has 0 aromatic carbocycles. The summed E-state index contributed by atoms with van der Waals surface area (Å²) in [4.78, 5) is 37.7. The van der Waals surface area contributed by atoms with E-state index in [1.807, 2.05) is 10.00 Å². The molecule has 5 rings (SSSR count). The zero-order valence-electron chi connectivity index (χ0n) is 21.5. The minimum atomic E-state index is -4.81. The molecule has 0 unspecified atom stereocenters. The highest BCUT2D eigenvalue weighted by Gasteiger charge is 2.44. The number of anilines is 2. The van der Waals surface area contributed by atoms with Crippen molar-refractivity contribution in [3.63, 3.8) is 0 Å². The van der Waals surface area contributed by atoms with Gasteiger partial charge in [-0.3, -0.25) is 9.59 Å². The van der Waals surface area contributed by atoms with Crippen LogP contribution in [0.15, 0.2) is 23.3 Å². The van der Waals surface area contributed by atoms with Gasteiger partial charge in [-0.05, 0) is 31.6 Å². The van der Waals surface area contributed by atoms with E-state index in [2.05, 4.69) is 15.1 Å². The average Bonchev–Trinajstić information content (AvgIpc) is 3.29. The number of carbonyl (C=O) groups is 1. The van der Waals surface area contributed by atoms with Crippen molar-refractivity contribution in [2.45, 2.75) is 69.4 Å². The molecule has 1 amide bonds. The number of aromatic nitrogens is 4. The van der Waals surface area contributed by atoms with Gasteiger partial charge in [-0.1, -0.05) is 12.8 Å². The minimum Gasteiger partial charge on any atom is -0.349 e. The quantitative estimate of drug-likeness (QED) is 0.543. The van der Waals surface area contributed by atoms with E-state index in [1.165, 1.54) is 0 Å². The van der Waals surface area contributed by atoms with E-state index in [9.17, 15) is 35.9 Å². The number of amides is 1. The molecule has 0 bridgehead atoms. The number of alkyl halides is 6. The molecule has 1 aliphatic carbocycles. The number of fused-ring (bicyclic) bond motifs is 1. The standard InChI is InChI=1S/C25H29F6N7O2/c26-24(27,28)16-13-32-23(33-14-16)37-9-7-36(8-10-37)21(39)6-5-17-11-15-3-1-2-4-19(15)38(17)20-12-18(25(29,30)31)22(40)35-34-20/h12-15,17,19H,1-11H2,(H,35,40)/t15-,17+,19-/m0/s1. The van der Waals surface area contributed by atoms with Crippen molar-refractivity contribution in [1.29, 1.82) is 0 Å². The third-order valence-electron chi connectivity index (χ3n) is 8.13. The van der Waals surface area contributed by atoms with Crippen LogP contribution in [0.5, 0.6) is 0 Å². The van der Waals surface area contributed by atoms with Crippen LogP contribution in [0.4, 0.5) is 38.1 Å². The van der Waals surface area contributed by atoms with Gasteiger partial charge < -0.3 is 14.7 Å². The number of rotatable bonds is 5. The average molecular weight is 574 g/mol. The van der Waals surface area contributed by atoms with Crippen molar-refractivity contribution in [2.24, 2.45) is 5.92 Å². The molecule has 1 saturated carbocycles. The minimum absolute atomic E-state index is 0.000571. The van der Waals surface area contributed by atoms with E-state index >= 15 is 0 Å². The van der Waals surface area contributed by atoms with Crippen LogP contribution in [0.3, 0.4) is 0 Å². The Morgan fingerprint density at radius 2 is 1.65 bits per heavy atom. The van der Waals surface area contributed by atoms with Crippen LogP contribution >= 0.6 is 0 Å². The fraction of sp³-hybridized carbons (Fsp3) is 0.640. The van der Waals surface area contributed by atoms with Gasteiger partial charge in [0.25, 0.3) is 5.56 Å². The van der Waals surface area contributed by atoms with Gasteiger partial charge in [-0.2, -0.15) is 31.4 Å². The second-order valence-electron chi connectivity index (χ2n) is 10.6. The van der Waals surface area contributed by atoms with Crippen LogP contribution in [0.1, 0.15) is 56.1 Å². The summed E-state index contributed by atoms with van der Waals surface area (Å²) in [6.07, 6.45) is -2.76. The van der Waals surface area contributed by atoms with E-state index in [1.54, 1.807) is 9.80 Å². The van der Waals surface area contributed by atoms with Crippen LogP contribution in [0, 0.1) is 5.92 Å². The molecular weight excluding hydrogens is 544 g/mol. The Morgan fingerprint density at radius 1 is 0.975 bits per heavy atom. The highest BCUT2D eigenvalue weighted by Crippen LogP contribution is 2.43. The number of H-pyrrole nitrogens is 1. The Labute approximate surface area is 225 Å². The number of hydrogen-bond donors (Lipinski definition) is 1. The van der Waals surface area contributed by atoms with Crippen LogP contribution in [0.25, 0.3) is 0 Å². The maximum absolute atomic E-state index is 13.4. The summed E-state index contributed by atoms with van der Waals surface area (Å²) in [6, 6.07) is 0.617. The van der Waals surface area contributed by atoms with E-state index in [0.29, 0.717) is 32.6 Å². The second-order valence-corrected chi connectivity index (χ2v) is 10.6. The van der Waals surface area contributed by atoms with Gasteiger partial charge in [0.1, 0.15) is 11.4 Å². The van der Waals surface area contributed by atoms with Gasteiger partial charge in [0, 0.05) is 63.1 Å². The molecule has 218 valence electrons. The Morgan fingerprint density at radius 3 is 2.30 bits per heavy atom. The van der Waals surface area contributed by atoms with Gasteiger partial charge in [-0.25, -0.2) is 15.1 Å². The van der Waals surface area contributed by atoms with Gasteiger partial charge in [0.2, 0.25) is 11.9 Å². The third kappa shape index (κ3) is 5.87. The topological polar surface area (TPSA) is 98.3 Å². The van der Waals surface area contributed by atoms with E-state index in [4.69, 9.17) is 0 Å². The third-order valence-corrected chi connectivity index (χ3v) is 8.13. The number of aromatic amines is 1. The normalized spacial score (nSPS) is 23.9. The number of hydrogen-bond acceptors (Lipinski definition) is 7. The molecule has 2 saturated heterocycles. The summed E-state index contributed by atoms with van der Waals surface area (Å²) in [5, 5.41) is 5.96. The molecule has 15 heteroatoms. The van der Waals surface area contributed by atoms with Crippen LogP contribution in [0.2, 0.25) is 0 Å². The number of piperazine rings is 1. The lowest BCUT2D eigenvalue weighted by Gasteiger charge is -2.36. The Kier molecular flexibility index (Phi) is 7.66. The molecule has 2 aromatic rings.